The summed E-state index contributed by atoms with van der Waals surface area (Å²) in [7, 11) is -8.84. The van der Waals surface area contributed by atoms with Gasteiger partial charge in [-0.25, -0.2) is 18.4 Å². The van der Waals surface area contributed by atoms with Crippen molar-refractivity contribution >= 4 is 90.4 Å². The number of aliphatic carboxylic acids is 1. The fraction of sp³-hybridized carbons (Fsp3) is 0.373. The highest BCUT2D eigenvalue weighted by molar-refractivity contribution is 7.89. The second-order valence-electron chi connectivity index (χ2n) is 20.7. The number of ether oxygens (including phenoxy) is 1. The minimum Gasteiger partial charge on any atom is -0.480 e. The number of rotatable bonds is 36. The van der Waals surface area contributed by atoms with Gasteiger partial charge in [-0.3, -0.25) is 48.3 Å². The number of H-pyrrole nitrogens is 1. The first-order valence-corrected chi connectivity index (χ1v) is 31.6. The number of hydrazone groups is 1. The summed E-state index contributed by atoms with van der Waals surface area (Å²) in [4.78, 5) is 115. The molecule has 0 bridgehead atoms. The molecule has 0 saturated carbocycles. The summed E-state index contributed by atoms with van der Waals surface area (Å²) in [5.74, 6) is -3.95. The number of carboxylic acid groups (broad SMARTS) is 1. The number of anilines is 2. The van der Waals surface area contributed by atoms with Crippen molar-refractivity contribution in [3.05, 3.63) is 141 Å². The lowest BCUT2D eigenvalue weighted by Gasteiger charge is -2.19. The van der Waals surface area contributed by atoms with Crippen molar-refractivity contribution in [3.63, 3.8) is 0 Å². The van der Waals surface area contributed by atoms with Crippen LogP contribution < -0.4 is 52.8 Å². The summed E-state index contributed by atoms with van der Waals surface area (Å²) in [6.45, 7) is 8.15. The van der Waals surface area contributed by atoms with Crippen molar-refractivity contribution in [3.8, 4) is 0 Å². The molecule has 6 rings (SSSR count). The summed E-state index contributed by atoms with van der Waals surface area (Å²) < 4.78 is 69.0. The quantitative estimate of drug-likeness (QED) is 0.0116. The summed E-state index contributed by atoms with van der Waals surface area (Å²) in [5, 5.41) is 33.2. The number of nitrogens with zero attached hydrogens (tertiary/aromatic N) is 4. The van der Waals surface area contributed by atoms with Crippen molar-refractivity contribution in [2.75, 3.05) is 56.7 Å². The van der Waals surface area contributed by atoms with Gasteiger partial charge in [0.25, 0.3) is 21.9 Å². The lowest BCUT2D eigenvalue weighted by atomic mass is 10.1. The van der Waals surface area contributed by atoms with Crippen molar-refractivity contribution in [2.45, 2.75) is 108 Å². The molecule has 2 unspecified atom stereocenters. The van der Waals surface area contributed by atoms with Crippen LogP contribution in [0.5, 0.6) is 0 Å². The predicted molar refractivity (Wildman–Crippen MR) is 333 cm³/mol. The number of fused-ring (bicyclic) bond motifs is 1. The van der Waals surface area contributed by atoms with Crippen LogP contribution in [0.1, 0.15) is 100 Å². The van der Waals surface area contributed by atoms with E-state index in [2.05, 4.69) is 67.4 Å². The Labute approximate surface area is 519 Å². The molecule has 31 heteroatoms. The smallest absolute Gasteiger partial charge is 0.323 e. The average Bonchev–Trinajstić information content (AvgIpc) is 0.888. The van der Waals surface area contributed by atoms with Crippen molar-refractivity contribution in [2.24, 2.45) is 5.10 Å². The van der Waals surface area contributed by atoms with E-state index in [1.165, 1.54) is 48.9 Å². The van der Waals surface area contributed by atoms with Crippen LogP contribution in [0.15, 0.2) is 111 Å². The Bertz CT molecular complexity index is 3820. The van der Waals surface area contributed by atoms with E-state index in [0.29, 0.717) is 61.6 Å². The fourth-order valence-corrected chi connectivity index (χ4v) is 11.6. The number of aryl methyl sites for hydroxylation is 4. The van der Waals surface area contributed by atoms with Crippen molar-refractivity contribution in [1.82, 2.24) is 56.1 Å². The lowest BCUT2D eigenvalue weighted by Crippen LogP contribution is -2.49. The zero-order chi connectivity index (χ0) is 65.4. The number of aromatic amines is 1. The summed E-state index contributed by atoms with van der Waals surface area (Å²) >= 11 is 0. The van der Waals surface area contributed by atoms with Gasteiger partial charge in [0, 0.05) is 114 Å². The molecule has 3 aromatic carbocycles. The average molecular weight is 1280 g/mol. The third kappa shape index (κ3) is 21.4. The van der Waals surface area contributed by atoms with E-state index in [4.69, 9.17) is 4.74 Å². The van der Waals surface area contributed by atoms with Gasteiger partial charge in [-0.2, -0.15) is 18.2 Å². The number of hydrogen-bond acceptors (Lipinski definition) is 18. The van der Waals surface area contributed by atoms with Gasteiger partial charge in [-0.05, 0) is 100 Å². The Morgan fingerprint density at radius 1 is 0.778 bits per heavy atom. The molecule has 0 saturated heterocycles. The van der Waals surface area contributed by atoms with Gasteiger partial charge < -0.3 is 56.6 Å². The molecule has 0 aliphatic carbocycles. The first-order valence-electron chi connectivity index (χ1n) is 28.7. The molecule has 2 atom stereocenters. The van der Waals surface area contributed by atoms with E-state index in [9.17, 15) is 64.9 Å². The first-order chi connectivity index (χ1) is 42.9. The normalized spacial score (nSPS) is 12.2. The van der Waals surface area contributed by atoms with E-state index in [-0.39, 0.29) is 114 Å². The second-order valence-corrected chi connectivity index (χ2v) is 23.7. The molecule has 90 heavy (non-hydrogen) atoms. The van der Waals surface area contributed by atoms with Crippen LogP contribution in [0, 0.1) is 20.8 Å². The molecule has 3 heterocycles. The predicted octanol–water partition coefficient (Wildman–Crippen LogP) is 2.54. The minimum atomic E-state index is -4.48. The van der Waals surface area contributed by atoms with E-state index in [1.54, 1.807) is 81.1 Å². The number of imidazole rings is 1. The number of nitrogens with one attached hydrogen (secondary N) is 10. The molecule has 0 radical (unpaired) electrons. The molecular formula is C59H74N14O15S2. The van der Waals surface area contributed by atoms with Gasteiger partial charge in [-0.1, -0.05) is 42.0 Å². The molecular weight excluding hydrogens is 1210 g/mol. The molecule has 6 aromatic rings. The number of pyridine rings is 2. The molecule has 482 valence electrons. The van der Waals surface area contributed by atoms with E-state index < -0.39 is 67.9 Å². The standard InChI is InChI=1S/C59H74N14O15S2/c1-5-60-57(80)45(70-55(78)42-14-17-49(66-33-42)71-69-34-41-11-6-7-12-48(41)90(85,86)87)16-18-50(74)62-22-9-27-88-28-10-23-63-52(76)20-19-51(75)61-21-8-26-73-36-44(53(77)43-15-13-40(31-47(43)73)32-68-59-64-24-25-65-59)56(79)67-35-46(58(81)82)72-89(83,84)54-38(3)29-37(2)30-39(54)4/h6-7,11-15,17,24-25,29-31,33-34,36,45-46,72H,5,8-10,16,18-23,26-28,32,35H2,1-4H3,(H,60,80)(H,61,75)(H,62,74)(H,63,76)(H,66,71)(H,67,79)(H,70,78)(H,81,82)(H2,64,65,68)(H,85,86,87)/b69-34+. The third-order valence-corrected chi connectivity index (χ3v) is 16.3. The molecule has 0 spiro atoms. The molecule has 6 amide bonds. The fourth-order valence-electron chi connectivity index (χ4n) is 9.29. The van der Waals surface area contributed by atoms with Gasteiger partial charge in [0.05, 0.1) is 22.2 Å². The highest BCUT2D eigenvalue weighted by Gasteiger charge is 2.29. The van der Waals surface area contributed by atoms with Gasteiger partial charge in [-0.15, -0.1) is 0 Å². The number of carboxylic acids is 1. The summed E-state index contributed by atoms with van der Waals surface area (Å²) in [5.41, 5.74) is 4.72. The number of hydrogen-bond donors (Lipinski definition) is 12. The Hall–Kier alpha value is -9.43. The second kappa shape index (κ2) is 33.8. The van der Waals surface area contributed by atoms with Crippen LogP contribution in [0.2, 0.25) is 0 Å². The number of carbonyl (C=O) groups excluding carboxylic acids is 6. The van der Waals surface area contributed by atoms with E-state index in [1.807, 2.05) is 0 Å². The van der Waals surface area contributed by atoms with E-state index in [0.717, 1.165) is 11.1 Å². The van der Waals surface area contributed by atoms with Crippen molar-refractivity contribution in [1.29, 1.82) is 0 Å². The van der Waals surface area contributed by atoms with Gasteiger partial charge >= 0.3 is 5.97 Å². The van der Waals surface area contributed by atoms with Gasteiger partial charge in [0.1, 0.15) is 28.4 Å². The maximum Gasteiger partial charge on any atom is 0.323 e. The van der Waals surface area contributed by atoms with Crippen LogP contribution in [0.4, 0.5) is 11.8 Å². The zero-order valence-electron chi connectivity index (χ0n) is 50.0. The zero-order valence-corrected chi connectivity index (χ0v) is 51.6. The lowest BCUT2D eigenvalue weighted by molar-refractivity contribution is -0.138. The molecule has 12 N–H and O–H groups in total. The summed E-state index contributed by atoms with van der Waals surface area (Å²) in [6.07, 6.45) is 7.99. The number of aromatic nitrogens is 4. The topological polar surface area (TPSA) is 422 Å². The number of likely N-dealkylation sites (N-methyl/N-ethyl adjacent to an activating group) is 1. The third-order valence-electron chi connectivity index (χ3n) is 13.6. The maximum atomic E-state index is 13.9. The number of benzene rings is 3. The highest BCUT2D eigenvalue weighted by Crippen LogP contribution is 2.23. The van der Waals surface area contributed by atoms with Crippen molar-refractivity contribution < 1.29 is 64.8 Å². The number of carbonyl (C=O) groups is 7. The number of sulfonamides is 1. The van der Waals surface area contributed by atoms with Crippen LogP contribution in [-0.4, -0.2) is 152 Å². The maximum absolute atomic E-state index is 13.9. The van der Waals surface area contributed by atoms with Gasteiger partial charge in [0.2, 0.25) is 39.1 Å². The summed E-state index contributed by atoms with van der Waals surface area (Å²) in [6, 6.07) is 14.0. The molecule has 0 aliphatic heterocycles. The Balaban J connectivity index is 0.877. The monoisotopic (exact) mass is 1280 g/mol. The Morgan fingerprint density at radius 2 is 1.44 bits per heavy atom. The van der Waals surface area contributed by atoms with Crippen LogP contribution in [0.3, 0.4) is 0 Å². The highest BCUT2D eigenvalue weighted by atomic mass is 32.2. The largest absolute Gasteiger partial charge is 0.480 e. The SMILES string of the molecule is CCNC(=O)C(CCC(=O)NCCCOCCCNC(=O)CCC(=O)NCCCn1cc(C(=O)NCC(NS(=O)(=O)c2c(C)cc(C)cc2C)C(=O)O)c(=O)c2ccc(CNc3ncc[nH]3)cc21)NC(=O)c1ccc(N/N=C/c2ccccc2S(=O)(=O)O)nc1. The Kier molecular flexibility index (Phi) is 26.2. The van der Waals surface area contributed by atoms with Crippen LogP contribution >= 0.6 is 0 Å². The van der Waals surface area contributed by atoms with Crippen LogP contribution in [0.25, 0.3) is 10.9 Å². The number of amides is 6. The Morgan fingerprint density at radius 3 is 2.07 bits per heavy atom. The molecule has 29 nitrogen and oxygen atoms in total. The van der Waals surface area contributed by atoms with Gasteiger partial charge in [0.15, 0.2) is 5.95 Å². The molecule has 0 fully saturated rings. The van der Waals surface area contributed by atoms with E-state index >= 15 is 0 Å². The minimum absolute atomic E-state index is 0.00101. The first kappa shape index (κ1) is 69.7. The van der Waals surface area contributed by atoms with Crippen LogP contribution in [-0.2, 0) is 61.9 Å². The molecule has 3 aromatic heterocycles. The molecule has 0 aliphatic rings.